The van der Waals surface area contributed by atoms with Gasteiger partial charge in [-0.1, -0.05) is 54.6 Å². The molecule has 23 heavy (non-hydrogen) atoms. The Bertz CT molecular complexity index is 890. The van der Waals surface area contributed by atoms with E-state index in [1.54, 1.807) is 6.07 Å². The third kappa shape index (κ3) is 2.32. The molecule has 0 aliphatic heterocycles. The van der Waals surface area contributed by atoms with E-state index in [-0.39, 0.29) is 5.88 Å². The molecule has 0 bridgehead atoms. The number of anilines is 2. The standard InChI is InChI=1S/C20H16N2O/c23-20-15-16-9-7-8-14-19(16)22(20)21(17-10-3-1-4-11-17)18-12-5-2-6-13-18/h1-15,23H. The molecule has 0 saturated carbocycles. The molecular formula is C20H16N2O. The van der Waals surface area contributed by atoms with E-state index in [9.17, 15) is 5.11 Å². The van der Waals surface area contributed by atoms with Gasteiger partial charge in [-0.3, -0.25) is 0 Å². The molecule has 1 N–H and O–H groups in total. The number of rotatable bonds is 3. The molecule has 0 aliphatic carbocycles. The molecule has 1 aromatic heterocycles. The van der Waals surface area contributed by atoms with Crippen molar-refractivity contribution in [2.45, 2.75) is 0 Å². The average molecular weight is 300 g/mol. The summed E-state index contributed by atoms with van der Waals surface area (Å²) in [5.41, 5.74) is 2.92. The van der Waals surface area contributed by atoms with E-state index in [1.165, 1.54) is 0 Å². The van der Waals surface area contributed by atoms with Crippen LogP contribution in [0.3, 0.4) is 0 Å². The van der Waals surface area contributed by atoms with Gasteiger partial charge in [-0.15, -0.1) is 0 Å². The van der Waals surface area contributed by atoms with Crippen molar-refractivity contribution < 1.29 is 5.11 Å². The highest BCUT2D eigenvalue weighted by atomic mass is 16.3. The third-order valence-corrected chi connectivity index (χ3v) is 3.87. The average Bonchev–Trinajstić information content (AvgIpc) is 2.94. The summed E-state index contributed by atoms with van der Waals surface area (Å²) in [6.45, 7) is 0. The Balaban J connectivity index is 2.00. The van der Waals surface area contributed by atoms with Crippen molar-refractivity contribution in [1.82, 2.24) is 4.68 Å². The first kappa shape index (κ1) is 13.5. The highest BCUT2D eigenvalue weighted by Gasteiger charge is 2.17. The summed E-state index contributed by atoms with van der Waals surface area (Å²) < 4.78 is 1.83. The summed E-state index contributed by atoms with van der Waals surface area (Å²) in [6.07, 6.45) is 0. The molecule has 0 amide bonds. The number of hydrogen-bond donors (Lipinski definition) is 1. The molecule has 4 rings (SSSR count). The monoisotopic (exact) mass is 300 g/mol. The van der Waals surface area contributed by atoms with Crippen LogP contribution in [-0.2, 0) is 0 Å². The zero-order valence-corrected chi connectivity index (χ0v) is 12.5. The molecule has 0 spiro atoms. The first-order valence-corrected chi connectivity index (χ1v) is 7.54. The number of fused-ring (bicyclic) bond motifs is 1. The van der Waals surface area contributed by atoms with Crippen molar-refractivity contribution in [2.75, 3.05) is 5.01 Å². The van der Waals surface area contributed by atoms with E-state index in [0.717, 1.165) is 22.3 Å². The van der Waals surface area contributed by atoms with Crippen LogP contribution < -0.4 is 5.01 Å². The fraction of sp³-hybridized carbons (Fsp3) is 0. The van der Waals surface area contributed by atoms with Gasteiger partial charge in [0.2, 0.25) is 5.88 Å². The van der Waals surface area contributed by atoms with Crippen LogP contribution in [0, 0.1) is 0 Å². The normalized spacial score (nSPS) is 10.8. The molecule has 0 unspecified atom stereocenters. The summed E-state index contributed by atoms with van der Waals surface area (Å²) in [7, 11) is 0. The fourth-order valence-electron chi connectivity index (χ4n) is 2.85. The zero-order chi connectivity index (χ0) is 15.6. The second-order valence-electron chi connectivity index (χ2n) is 5.36. The lowest BCUT2D eigenvalue weighted by atomic mass is 10.2. The van der Waals surface area contributed by atoms with Crippen molar-refractivity contribution in [3.63, 3.8) is 0 Å². The summed E-state index contributed by atoms with van der Waals surface area (Å²) >= 11 is 0. The number of benzene rings is 3. The Hall–Kier alpha value is -3.20. The molecule has 4 aromatic rings. The molecule has 0 aliphatic rings. The SMILES string of the molecule is Oc1cc2ccccc2n1N(c1ccccc1)c1ccccc1. The van der Waals surface area contributed by atoms with Gasteiger partial charge in [-0.2, -0.15) is 0 Å². The van der Waals surface area contributed by atoms with E-state index in [2.05, 4.69) is 0 Å². The van der Waals surface area contributed by atoms with Crippen molar-refractivity contribution >= 4 is 22.3 Å². The minimum Gasteiger partial charge on any atom is -0.493 e. The second-order valence-corrected chi connectivity index (χ2v) is 5.36. The van der Waals surface area contributed by atoms with Gasteiger partial charge >= 0.3 is 0 Å². The van der Waals surface area contributed by atoms with Crippen LogP contribution >= 0.6 is 0 Å². The quantitative estimate of drug-likeness (QED) is 0.580. The predicted octanol–water partition coefficient (Wildman–Crippen LogP) is 4.95. The Morgan fingerprint density at radius 3 is 1.78 bits per heavy atom. The second kappa shape index (κ2) is 5.54. The lowest BCUT2D eigenvalue weighted by molar-refractivity contribution is 0.430. The summed E-state index contributed by atoms with van der Waals surface area (Å²) in [6, 6.07) is 29.8. The maximum absolute atomic E-state index is 10.5. The topological polar surface area (TPSA) is 28.4 Å². The van der Waals surface area contributed by atoms with Crippen LogP contribution in [0.5, 0.6) is 5.88 Å². The van der Waals surface area contributed by atoms with Crippen LogP contribution in [0.1, 0.15) is 0 Å². The van der Waals surface area contributed by atoms with Crippen molar-refractivity contribution in [1.29, 1.82) is 0 Å². The Kier molecular flexibility index (Phi) is 3.24. The molecular weight excluding hydrogens is 284 g/mol. The van der Waals surface area contributed by atoms with E-state index in [4.69, 9.17) is 0 Å². The number of hydrogen-bond acceptors (Lipinski definition) is 2. The zero-order valence-electron chi connectivity index (χ0n) is 12.5. The van der Waals surface area contributed by atoms with Gasteiger partial charge < -0.3 is 5.11 Å². The molecule has 0 fully saturated rings. The highest BCUT2D eigenvalue weighted by Crippen LogP contribution is 2.33. The van der Waals surface area contributed by atoms with Gasteiger partial charge in [0.25, 0.3) is 0 Å². The third-order valence-electron chi connectivity index (χ3n) is 3.87. The van der Waals surface area contributed by atoms with Gasteiger partial charge in [-0.05, 0) is 30.3 Å². The smallest absolute Gasteiger partial charge is 0.211 e. The molecule has 3 nitrogen and oxygen atoms in total. The van der Waals surface area contributed by atoms with Crippen LogP contribution in [0.15, 0.2) is 91.0 Å². The Labute approximate surface area is 134 Å². The molecule has 0 radical (unpaired) electrons. The van der Waals surface area contributed by atoms with Gasteiger partial charge in [-0.25, -0.2) is 9.69 Å². The molecule has 3 heteroatoms. The number of aromatic hydroxyl groups is 1. The van der Waals surface area contributed by atoms with E-state index < -0.39 is 0 Å². The molecule has 112 valence electrons. The van der Waals surface area contributed by atoms with Crippen LogP contribution in [-0.4, -0.2) is 9.78 Å². The van der Waals surface area contributed by atoms with Crippen LogP contribution in [0.25, 0.3) is 10.9 Å². The minimum atomic E-state index is 0.207. The van der Waals surface area contributed by atoms with Gasteiger partial charge in [0.15, 0.2) is 0 Å². The molecule has 0 saturated heterocycles. The van der Waals surface area contributed by atoms with Crippen LogP contribution in [0.4, 0.5) is 11.4 Å². The maximum atomic E-state index is 10.5. The van der Waals surface area contributed by atoms with Crippen molar-refractivity contribution in [3.05, 3.63) is 91.0 Å². The maximum Gasteiger partial charge on any atom is 0.211 e. The molecule has 0 atom stereocenters. The van der Waals surface area contributed by atoms with E-state index in [0.29, 0.717) is 0 Å². The van der Waals surface area contributed by atoms with Crippen molar-refractivity contribution in [2.24, 2.45) is 0 Å². The summed E-state index contributed by atoms with van der Waals surface area (Å²) in [5.74, 6) is 0.207. The first-order chi connectivity index (χ1) is 11.3. The number of aromatic nitrogens is 1. The van der Waals surface area contributed by atoms with Crippen molar-refractivity contribution in [3.8, 4) is 5.88 Å². The lowest BCUT2D eigenvalue weighted by Gasteiger charge is -2.27. The molecule has 3 aromatic carbocycles. The lowest BCUT2D eigenvalue weighted by Crippen LogP contribution is -2.23. The summed E-state index contributed by atoms with van der Waals surface area (Å²) in [5, 5.41) is 13.6. The Morgan fingerprint density at radius 2 is 1.17 bits per heavy atom. The first-order valence-electron chi connectivity index (χ1n) is 7.54. The number of nitrogens with zero attached hydrogens (tertiary/aromatic N) is 2. The fourth-order valence-corrected chi connectivity index (χ4v) is 2.85. The van der Waals surface area contributed by atoms with Gasteiger partial charge in [0.05, 0.1) is 16.9 Å². The van der Waals surface area contributed by atoms with E-state index >= 15 is 0 Å². The van der Waals surface area contributed by atoms with Crippen LogP contribution in [0.2, 0.25) is 0 Å². The number of para-hydroxylation sites is 3. The molecule has 1 heterocycles. The highest BCUT2D eigenvalue weighted by molar-refractivity contribution is 5.84. The largest absolute Gasteiger partial charge is 0.493 e. The van der Waals surface area contributed by atoms with E-state index in [1.807, 2.05) is 94.6 Å². The Morgan fingerprint density at radius 1 is 0.652 bits per heavy atom. The minimum absolute atomic E-state index is 0.207. The predicted molar refractivity (Wildman–Crippen MR) is 94.0 cm³/mol. The summed E-state index contributed by atoms with van der Waals surface area (Å²) in [4.78, 5) is 0. The van der Waals surface area contributed by atoms with Gasteiger partial charge in [0, 0.05) is 11.5 Å². The van der Waals surface area contributed by atoms with Gasteiger partial charge in [0.1, 0.15) is 0 Å².